The van der Waals surface area contributed by atoms with Crippen LogP contribution in [0.1, 0.15) is 12.1 Å². The highest BCUT2D eigenvalue weighted by Gasteiger charge is 2.07. The van der Waals surface area contributed by atoms with E-state index in [0.29, 0.717) is 5.88 Å². The van der Waals surface area contributed by atoms with E-state index in [0.717, 1.165) is 16.5 Å². The summed E-state index contributed by atoms with van der Waals surface area (Å²) in [6.07, 6.45) is 0.181. The molecule has 0 spiro atoms. The van der Waals surface area contributed by atoms with Crippen LogP contribution in [0.3, 0.4) is 0 Å². The molecule has 6 nitrogen and oxygen atoms in total. The summed E-state index contributed by atoms with van der Waals surface area (Å²) in [5, 5.41) is 9.90. The predicted molar refractivity (Wildman–Crippen MR) is 66.7 cm³/mol. The van der Waals surface area contributed by atoms with Crippen molar-refractivity contribution in [3.05, 3.63) is 30.0 Å². The average Bonchev–Trinajstić information content (AvgIpc) is 2.41. The Kier molecular flexibility index (Phi) is 3.69. The van der Waals surface area contributed by atoms with Gasteiger partial charge in [0.15, 0.2) is 0 Å². The zero-order valence-electron chi connectivity index (χ0n) is 10.0. The molecule has 1 amide bonds. The fourth-order valence-corrected chi connectivity index (χ4v) is 1.63. The van der Waals surface area contributed by atoms with Gasteiger partial charge in [-0.3, -0.25) is 10.2 Å². The Balaban J connectivity index is 2.18. The summed E-state index contributed by atoms with van der Waals surface area (Å²) in [4.78, 5) is 11.0. The largest absolute Gasteiger partial charge is 0.476 e. The smallest absolute Gasteiger partial charge is 0.241 e. The van der Waals surface area contributed by atoms with Gasteiger partial charge in [0.25, 0.3) is 0 Å². The number of hydrazine groups is 1. The molecule has 0 aliphatic heterocycles. The highest BCUT2D eigenvalue weighted by atomic mass is 16.5. The lowest BCUT2D eigenvalue weighted by molar-refractivity contribution is -0.121. The molecule has 0 atom stereocenters. The summed E-state index contributed by atoms with van der Waals surface area (Å²) in [5.41, 5.74) is 2.89. The number of aromatic nitrogens is 2. The fourth-order valence-electron chi connectivity index (χ4n) is 1.63. The van der Waals surface area contributed by atoms with E-state index in [1.165, 1.54) is 0 Å². The Morgan fingerprint density at radius 3 is 2.78 bits per heavy atom. The molecule has 0 saturated carbocycles. The van der Waals surface area contributed by atoms with Gasteiger partial charge < -0.3 is 4.74 Å². The first-order valence-electron chi connectivity index (χ1n) is 5.56. The maximum Gasteiger partial charge on any atom is 0.241 e. The molecule has 0 aliphatic carbocycles. The summed E-state index contributed by atoms with van der Waals surface area (Å²) in [6.45, 7) is 2.10. The standard InChI is InChI=1S/C12H14N4O2/c1-8-9-4-2-3-5-10(9)12(16-15-8)18-7-6-11(17)14-13/h2-5H,6-7,13H2,1H3,(H,14,17). The number of nitrogens with two attached hydrogens (primary N) is 1. The number of carbonyl (C=O) groups is 1. The van der Waals surface area contributed by atoms with E-state index in [1.54, 1.807) is 0 Å². The molecule has 1 aromatic heterocycles. The van der Waals surface area contributed by atoms with Gasteiger partial charge in [-0.25, -0.2) is 5.84 Å². The number of hydrogen-bond donors (Lipinski definition) is 2. The van der Waals surface area contributed by atoms with Crippen LogP contribution in [-0.4, -0.2) is 22.7 Å². The summed E-state index contributed by atoms with van der Waals surface area (Å²) in [6, 6.07) is 7.71. The predicted octanol–water partition coefficient (Wildman–Crippen LogP) is 0.697. The number of fused-ring (bicyclic) bond motifs is 1. The van der Waals surface area contributed by atoms with Gasteiger partial charge in [-0.15, -0.1) is 5.10 Å². The van der Waals surface area contributed by atoms with Crippen molar-refractivity contribution in [3.63, 3.8) is 0 Å². The van der Waals surface area contributed by atoms with E-state index < -0.39 is 0 Å². The number of rotatable bonds is 4. The first kappa shape index (κ1) is 12.3. The van der Waals surface area contributed by atoms with Crippen molar-refractivity contribution in [1.82, 2.24) is 15.6 Å². The van der Waals surface area contributed by atoms with Gasteiger partial charge in [0.1, 0.15) is 0 Å². The molecule has 2 aromatic rings. The minimum absolute atomic E-state index is 0.181. The second-order valence-electron chi connectivity index (χ2n) is 3.80. The Labute approximate surface area is 104 Å². The Morgan fingerprint density at radius 1 is 1.33 bits per heavy atom. The molecule has 0 saturated heterocycles. The first-order chi connectivity index (χ1) is 8.72. The second-order valence-corrected chi connectivity index (χ2v) is 3.80. The quantitative estimate of drug-likeness (QED) is 0.471. The third-order valence-electron chi connectivity index (χ3n) is 2.57. The molecule has 0 bridgehead atoms. The Hall–Kier alpha value is -2.21. The zero-order chi connectivity index (χ0) is 13.0. The van der Waals surface area contributed by atoms with E-state index in [1.807, 2.05) is 36.6 Å². The summed E-state index contributed by atoms with van der Waals surface area (Å²) in [5.74, 6) is 5.13. The molecule has 0 fully saturated rings. The number of amides is 1. The van der Waals surface area contributed by atoms with Crippen molar-refractivity contribution in [2.45, 2.75) is 13.3 Å². The highest BCUT2D eigenvalue weighted by molar-refractivity contribution is 5.88. The minimum Gasteiger partial charge on any atom is -0.476 e. The van der Waals surface area contributed by atoms with Crippen molar-refractivity contribution in [3.8, 4) is 5.88 Å². The SMILES string of the molecule is Cc1nnc(OCCC(=O)NN)c2ccccc12. The molecule has 0 aliphatic rings. The fraction of sp³-hybridized carbons (Fsp3) is 0.250. The Morgan fingerprint density at radius 2 is 2.06 bits per heavy atom. The maximum atomic E-state index is 11.0. The van der Waals surface area contributed by atoms with Crippen LogP contribution >= 0.6 is 0 Å². The van der Waals surface area contributed by atoms with Crippen LogP contribution < -0.4 is 16.0 Å². The molecule has 0 radical (unpaired) electrons. The number of nitrogens with one attached hydrogen (secondary N) is 1. The lowest BCUT2D eigenvalue weighted by Crippen LogP contribution is -2.31. The second kappa shape index (κ2) is 5.42. The van der Waals surface area contributed by atoms with Crippen LogP contribution in [0.4, 0.5) is 0 Å². The van der Waals surface area contributed by atoms with E-state index >= 15 is 0 Å². The number of hydrogen-bond acceptors (Lipinski definition) is 5. The molecule has 18 heavy (non-hydrogen) atoms. The monoisotopic (exact) mass is 246 g/mol. The normalized spacial score (nSPS) is 10.3. The highest BCUT2D eigenvalue weighted by Crippen LogP contribution is 2.23. The topological polar surface area (TPSA) is 90.1 Å². The minimum atomic E-state index is -0.278. The lowest BCUT2D eigenvalue weighted by atomic mass is 10.1. The van der Waals surface area contributed by atoms with Crippen LogP contribution in [0.5, 0.6) is 5.88 Å². The van der Waals surface area contributed by atoms with Gasteiger partial charge in [-0.1, -0.05) is 18.2 Å². The van der Waals surface area contributed by atoms with Gasteiger partial charge in [0.05, 0.1) is 18.7 Å². The van der Waals surface area contributed by atoms with Crippen molar-refractivity contribution >= 4 is 16.7 Å². The van der Waals surface area contributed by atoms with Crippen LogP contribution in [0.15, 0.2) is 24.3 Å². The van der Waals surface area contributed by atoms with Crippen LogP contribution in [0.2, 0.25) is 0 Å². The maximum absolute atomic E-state index is 11.0. The van der Waals surface area contributed by atoms with Crippen molar-refractivity contribution in [2.24, 2.45) is 5.84 Å². The molecule has 6 heteroatoms. The van der Waals surface area contributed by atoms with Crippen LogP contribution in [0.25, 0.3) is 10.8 Å². The third-order valence-corrected chi connectivity index (χ3v) is 2.57. The van der Waals surface area contributed by atoms with Crippen LogP contribution in [0, 0.1) is 6.92 Å². The van der Waals surface area contributed by atoms with E-state index in [-0.39, 0.29) is 18.9 Å². The van der Waals surface area contributed by atoms with Gasteiger partial charge in [0.2, 0.25) is 11.8 Å². The van der Waals surface area contributed by atoms with Crippen molar-refractivity contribution in [1.29, 1.82) is 0 Å². The van der Waals surface area contributed by atoms with Gasteiger partial charge >= 0.3 is 0 Å². The molecule has 1 aromatic carbocycles. The number of benzene rings is 1. The van der Waals surface area contributed by atoms with E-state index in [4.69, 9.17) is 10.6 Å². The summed E-state index contributed by atoms with van der Waals surface area (Å²) in [7, 11) is 0. The van der Waals surface area contributed by atoms with Gasteiger partial charge in [0, 0.05) is 10.8 Å². The number of ether oxygens (including phenoxy) is 1. The summed E-state index contributed by atoms with van der Waals surface area (Å²) < 4.78 is 5.46. The third kappa shape index (κ3) is 2.54. The number of aryl methyl sites for hydroxylation is 1. The molecule has 3 N–H and O–H groups in total. The van der Waals surface area contributed by atoms with E-state index in [9.17, 15) is 4.79 Å². The van der Waals surface area contributed by atoms with Crippen molar-refractivity contribution in [2.75, 3.05) is 6.61 Å². The van der Waals surface area contributed by atoms with E-state index in [2.05, 4.69) is 10.2 Å². The molecular weight excluding hydrogens is 232 g/mol. The van der Waals surface area contributed by atoms with Crippen molar-refractivity contribution < 1.29 is 9.53 Å². The number of nitrogens with zero attached hydrogens (tertiary/aromatic N) is 2. The lowest BCUT2D eigenvalue weighted by Gasteiger charge is -2.08. The number of carbonyl (C=O) groups excluding carboxylic acids is 1. The average molecular weight is 246 g/mol. The molecule has 1 heterocycles. The molecular formula is C12H14N4O2. The zero-order valence-corrected chi connectivity index (χ0v) is 10.0. The van der Waals surface area contributed by atoms with Gasteiger partial charge in [-0.05, 0) is 13.0 Å². The molecule has 94 valence electrons. The molecule has 2 rings (SSSR count). The van der Waals surface area contributed by atoms with Gasteiger partial charge in [-0.2, -0.15) is 5.10 Å². The van der Waals surface area contributed by atoms with Crippen LogP contribution in [-0.2, 0) is 4.79 Å². The summed E-state index contributed by atoms with van der Waals surface area (Å²) >= 11 is 0. The first-order valence-corrected chi connectivity index (χ1v) is 5.56. The Bertz CT molecular complexity index is 571. The molecule has 0 unspecified atom stereocenters.